The number of benzene rings is 3. The van der Waals surface area contributed by atoms with Gasteiger partial charge in [-0.15, -0.1) is 0 Å². The van der Waals surface area contributed by atoms with E-state index in [0.717, 1.165) is 16.9 Å². The molecule has 7 heteroatoms. The number of ether oxygens (including phenoxy) is 1. The molecule has 0 fully saturated rings. The van der Waals surface area contributed by atoms with Gasteiger partial charge in [0.2, 0.25) is 0 Å². The molecule has 3 aromatic rings. The Hall–Kier alpha value is -3.02. The van der Waals surface area contributed by atoms with Gasteiger partial charge in [0.25, 0.3) is 5.91 Å². The van der Waals surface area contributed by atoms with Crippen molar-refractivity contribution >= 4 is 35.1 Å². The van der Waals surface area contributed by atoms with E-state index in [9.17, 15) is 14.7 Å². The Labute approximate surface area is 202 Å². The lowest BCUT2D eigenvalue weighted by Gasteiger charge is -2.24. The molecule has 1 aliphatic rings. The molecule has 0 spiro atoms. The molecule has 33 heavy (non-hydrogen) atoms. The molecule has 4 rings (SSSR count). The van der Waals surface area contributed by atoms with Crippen LogP contribution in [0.3, 0.4) is 0 Å². The minimum Gasteiger partial charge on any atom is -0.487 e. The molecule has 0 bridgehead atoms. The summed E-state index contributed by atoms with van der Waals surface area (Å²) in [4.78, 5) is 26.0. The number of fused-ring (bicyclic) bond motifs is 1. The SMILES string of the molecule is C[C@@]1(Cc2ccc(Cl)cc2)Cc2cc(C(=O)N(CC(=O)O)Cc3ccccc3Cl)ccc2O1. The predicted molar refractivity (Wildman–Crippen MR) is 128 cm³/mol. The smallest absolute Gasteiger partial charge is 0.323 e. The minimum absolute atomic E-state index is 0.104. The van der Waals surface area contributed by atoms with Crippen LogP contribution < -0.4 is 4.74 Å². The molecule has 0 aromatic heterocycles. The number of halogens is 2. The summed E-state index contributed by atoms with van der Waals surface area (Å²) in [6.07, 6.45) is 1.33. The van der Waals surface area contributed by atoms with Crippen LogP contribution in [0.15, 0.2) is 66.7 Å². The molecule has 1 atom stereocenters. The molecule has 0 radical (unpaired) electrons. The van der Waals surface area contributed by atoms with Crippen LogP contribution in [0.2, 0.25) is 10.0 Å². The van der Waals surface area contributed by atoms with Crippen molar-refractivity contribution in [1.29, 1.82) is 0 Å². The fraction of sp³-hybridized carbons (Fsp3) is 0.231. The topological polar surface area (TPSA) is 66.8 Å². The Balaban J connectivity index is 1.53. The first-order valence-corrected chi connectivity index (χ1v) is 11.3. The summed E-state index contributed by atoms with van der Waals surface area (Å²) < 4.78 is 6.23. The lowest BCUT2D eigenvalue weighted by Crippen LogP contribution is -2.35. The van der Waals surface area contributed by atoms with Crippen LogP contribution >= 0.6 is 23.2 Å². The Kier molecular flexibility index (Phi) is 6.63. The first-order valence-electron chi connectivity index (χ1n) is 10.5. The summed E-state index contributed by atoms with van der Waals surface area (Å²) in [6.45, 7) is 1.72. The second-order valence-corrected chi connectivity index (χ2v) is 9.34. The summed E-state index contributed by atoms with van der Waals surface area (Å²) in [5, 5.41) is 10.5. The molecule has 0 aliphatic carbocycles. The molecular weight excluding hydrogens is 461 g/mol. The minimum atomic E-state index is -1.09. The Bertz CT molecular complexity index is 1200. The van der Waals surface area contributed by atoms with Gasteiger partial charge < -0.3 is 14.7 Å². The number of hydrogen-bond acceptors (Lipinski definition) is 3. The van der Waals surface area contributed by atoms with Gasteiger partial charge >= 0.3 is 5.97 Å². The van der Waals surface area contributed by atoms with Crippen LogP contribution in [0, 0.1) is 0 Å². The van der Waals surface area contributed by atoms with Crippen molar-refractivity contribution in [2.75, 3.05) is 6.54 Å². The highest BCUT2D eigenvalue weighted by Gasteiger charge is 2.35. The van der Waals surface area contributed by atoms with E-state index < -0.39 is 18.1 Å². The molecular formula is C26H23Cl2NO4. The molecule has 0 saturated heterocycles. The average Bonchev–Trinajstić information content (AvgIpc) is 3.10. The van der Waals surface area contributed by atoms with Crippen molar-refractivity contribution in [3.05, 3.63) is 99.0 Å². The van der Waals surface area contributed by atoms with E-state index >= 15 is 0 Å². The summed E-state index contributed by atoms with van der Waals surface area (Å²) in [6, 6.07) is 20.0. The number of nitrogens with zero attached hydrogens (tertiary/aromatic N) is 1. The first-order chi connectivity index (χ1) is 15.7. The van der Waals surface area contributed by atoms with Crippen molar-refractivity contribution in [3.8, 4) is 5.75 Å². The van der Waals surface area contributed by atoms with Gasteiger partial charge in [-0.1, -0.05) is 53.5 Å². The highest BCUT2D eigenvalue weighted by Crippen LogP contribution is 2.38. The molecule has 1 amide bonds. The van der Waals surface area contributed by atoms with E-state index in [2.05, 4.69) is 0 Å². The standard InChI is InChI=1S/C26H23Cl2NO4/c1-26(13-17-6-9-21(27)10-7-17)14-20-12-18(8-11-23(20)33-26)25(32)29(16-24(30)31)15-19-4-2-3-5-22(19)28/h2-12H,13-16H2,1H3,(H,30,31)/t26-/m1/s1. The highest BCUT2D eigenvalue weighted by molar-refractivity contribution is 6.31. The third-order valence-electron chi connectivity index (χ3n) is 5.65. The van der Waals surface area contributed by atoms with Gasteiger partial charge in [-0.2, -0.15) is 0 Å². The zero-order valence-corrected chi connectivity index (χ0v) is 19.6. The van der Waals surface area contributed by atoms with E-state index in [0.29, 0.717) is 34.0 Å². The molecule has 3 aromatic carbocycles. The number of aliphatic carboxylic acids is 1. The molecule has 5 nitrogen and oxygen atoms in total. The van der Waals surface area contributed by atoms with Crippen LogP contribution in [0.25, 0.3) is 0 Å². The summed E-state index contributed by atoms with van der Waals surface area (Å²) in [5.74, 6) is -0.722. The Morgan fingerprint density at radius 2 is 1.79 bits per heavy atom. The highest BCUT2D eigenvalue weighted by atomic mass is 35.5. The van der Waals surface area contributed by atoms with Crippen LogP contribution in [0.5, 0.6) is 5.75 Å². The van der Waals surface area contributed by atoms with Crippen LogP contribution in [-0.2, 0) is 24.2 Å². The number of carbonyl (C=O) groups excluding carboxylic acids is 1. The quantitative estimate of drug-likeness (QED) is 0.470. The zero-order chi connectivity index (χ0) is 23.6. The molecule has 0 unspecified atom stereocenters. The molecule has 0 saturated carbocycles. The summed E-state index contributed by atoms with van der Waals surface area (Å²) >= 11 is 12.2. The number of carbonyl (C=O) groups is 2. The van der Waals surface area contributed by atoms with Gasteiger partial charge in [0.05, 0.1) is 0 Å². The predicted octanol–water partition coefficient (Wildman–Crippen LogP) is 5.66. The van der Waals surface area contributed by atoms with Gasteiger partial charge in [-0.05, 0) is 60.0 Å². The van der Waals surface area contributed by atoms with Crippen molar-refractivity contribution in [3.63, 3.8) is 0 Å². The third kappa shape index (κ3) is 5.49. The van der Waals surface area contributed by atoms with Crippen molar-refractivity contribution in [2.45, 2.75) is 31.9 Å². The second-order valence-electron chi connectivity index (χ2n) is 8.50. The van der Waals surface area contributed by atoms with Gasteiger partial charge in [0, 0.05) is 35.0 Å². The normalized spacial score (nSPS) is 16.7. The van der Waals surface area contributed by atoms with Gasteiger partial charge in [0.1, 0.15) is 17.9 Å². The lowest BCUT2D eigenvalue weighted by molar-refractivity contribution is -0.137. The van der Waals surface area contributed by atoms with Crippen molar-refractivity contribution in [2.24, 2.45) is 0 Å². The van der Waals surface area contributed by atoms with Crippen molar-refractivity contribution < 1.29 is 19.4 Å². The average molecular weight is 484 g/mol. The molecule has 1 heterocycles. The number of carboxylic acids is 1. The fourth-order valence-electron chi connectivity index (χ4n) is 4.16. The van der Waals surface area contributed by atoms with Gasteiger partial charge in [-0.25, -0.2) is 0 Å². The maximum absolute atomic E-state index is 13.2. The largest absolute Gasteiger partial charge is 0.487 e. The second kappa shape index (κ2) is 9.46. The number of amides is 1. The number of hydrogen-bond donors (Lipinski definition) is 1. The van der Waals surface area contributed by atoms with E-state index in [-0.39, 0.29) is 12.5 Å². The molecule has 1 N–H and O–H groups in total. The zero-order valence-electron chi connectivity index (χ0n) is 18.1. The number of carboxylic acid groups (broad SMARTS) is 1. The van der Waals surface area contributed by atoms with E-state index in [1.165, 1.54) is 4.90 Å². The van der Waals surface area contributed by atoms with Crippen LogP contribution in [0.4, 0.5) is 0 Å². The van der Waals surface area contributed by atoms with Crippen LogP contribution in [0.1, 0.15) is 34.0 Å². The Morgan fingerprint density at radius 1 is 1.06 bits per heavy atom. The molecule has 1 aliphatic heterocycles. The number of rotatable bonds is 7. The molecule has 170 valence electrons. The van der Waals surface area contributed by atoms with E-state index in [1.807, 2.05) is 31.2 Å². The van der Waals surface area contributed by atoms with Gasteiger partial charge in [-0.3, -0.25) is 9.59 Å². The van der Waals surface area contributed by atoms with Crippen molar-refractivity contribution in [1.82, 2.24) is 4.90 Å². The van der Waals surface area contributed by atoms with E-state index in [4.69, 9.17) is 27.9 Å². The third-order valence-corrected chi connectivity index (χ3v) is 6.27. The summed E-state index contributed by atoms with van der Waals surface area (Å²) in [5.41, 5.74) is 2.69. The van der Waals surface area contributed by atoms with Gasteiger partial charge in [0.15, 0.2) is 0 Å². The summed E-state index contributed by atoms with van der Waals surface area (Å²) in [7, 11) is 0. The first kappa shape index (κ1) is 23.1. The fourth-order valence-corrected chi connectivity index (χ4v) is 4.49. The van der Waals surface area contributed by atoms with Crippen LogP contribution in [-0.4, -0.2) is 34.0 Å². The maximum atomic E-state index is 13.2. The monoisotopic (exact) mass is 483 g/mol. The Morgan fingerprint density at radius 3 is 2.48 bits per heavy atom. The lowest BCUT2D eigenvalue weighted by atomic mass is 9.91. The maximum Gasteiger partial charge on any atom is 0.323 e. The van der Waals surface area contributed by atoms with E-state index in [1.54, 1.807) is 42.5 Å².